The molecule has 0 spiro atoms. The van der Waals surface area contributed by atoms with Crippen LogP contribution in [0.4, 0.5) is 10.2 Å². The van der Waals surface area contributed by atoms with E-state index in [1.54, 1.807) is 12.3 Å². The summed E-state index contributed by atoms with van der Waals surface area (Å²) in [6.07, 6.45) is 1.74. The van der Waals surface area contributed by atoms with Gasteiger partial charge in [-0.25, -0.2) is 9.37 Å². The number of halogens is 1. The lowest BCUT2D eigenvalue weighted by Crippen LogP contribution is -2.59. The number of carbonyl (C=O) groups excluding carboxylic acids is 1. The van der Waals surface area contributed by atoms with Crippen LogP contribution in [-0.2, 0) is 0 Å². The summed E-state index contributed by atoms with van der Waals surface area (Å²) in [5, 5.41) is 2.88. The minimum atomic E-state index is -0.402. The Morgan fingerprint density at radius 1 is 1.25 bits per heavy atom. The van der Waals surface area contributed by atoms with Gasteiger partial charge in [0.05, 0.1) is 6.04 Å². The van der Waals surface area contributed by atoms with Crippen molar-refractivity contribution in [2.24, 2.45) is 0 Å². The van der Waals surface area contributed by atoms with Gasteiger partial charge in [-0.15, -0.1) is 0 Å². The van der Waals surface area contributed by atoms with Crippen molar-refractivity contribution >= 4 is 11.7 Å². The number of nitrogens with zero attached hydrogens (tertiary/aromatic N) is 2. The van der Waals surface area contributed by atoms with Crippen LogP contribution in [0.5, 0.6) is 0 Å². The third-order valence-corrected chi connectivity index (χ3v) is 3.28. The summed E-state index contributed by atoms with van der Waals surface area (Å²) in [5.74, 6) is 0.264. The van der Waals surface area contributed by atoms with Crippen molar-refractivity contribution in [1.29, 1.82) is 0 Å². The molecule has 1 fully saturated rings. The van der Waals surface area contributed by atoms with Crippen LogP contribution in [0.2, 0.25) is 0 Å². The molecule has 0 radical (unpaired) electrons. The van der Waals surface area contributed by atoms with Gasteiger partial charge in [0.15, 0.2) is 0 Å². The zero-order valence-corrected chi connectivity index (χ0v) is 10.8. The number of amides is 1. The number of hydrogen-bond donors (Lipinski definition) is 1. The highest BCUT2D eigenvalue weighted by Crippen LogP contribution is 2.17. The standard InChI is InChI=1S/C15H14FN3O/c16-12-5-3-4-11(8-12)15(20)18-13-9-19(10-13)14-6-1-2-7-17-14/h1-8,13H,9-10H2,(H,18,20). The maximum absolute atomic E-state index is 13.0. The topological polar surface area (TPSA) is 45.2 Å². The Kier molecular flexibility index (Phi) is 3.33. The molecule has 3 rings (SSSR count). The third-order valence-electron chi connectivity index (χ3n) is 3.28. The summed E-state index contributed by atoms with van der Waals surface area (Å²) >= 11 is 0. The van der Waals surface area contributed by atoms with E-state index in [9.17, 15) is 9.18 Å². The Morgan fingerprint density at radius 3 is 2.80 bits per heavy atom. The summed E-state index contributed by atoms with van der Waals surface area (Å²) in [6.45, 7) is 1.44. The maximum Gasteiger partial charge on any atom is 0.251 e. The molecule has 20 heavy (non-hydrogen) atoms. The third kappa shape index (κ3) is 2.61. The van der Waals surface area contributed by atoms with Gasteiger partial charge >= 0.3 is 0 Å². The quantitative estimate of drug-likeness (QED) is 0.926. The van der Waals surface area contributed by atoms with Crippen LogP contribution in [0.25, 0.3) is 0 Å². The highest BCUT2D eigenvalue weighted by Gasteiger charge is 2.29. The second-order valence-corrected chi connectivity index (χ2v) is 4.77. The van der Waals surface area contributed by atoms with Gasteiger partial charge in [0.2, 0.25) is 0 Å². The molecule has 1 saturated heterocycles. The van der Waals surface area contributed by atoms with E-state index in [4.69, 9.17) is 0 Å². The largest absolute Gasteiger partial charge is 0.352 e. The summed E-state index contributed by atoms with van der Waals surface area (Å²) in [7, 11) is 0. The molecule has 5 heteroatoms. The Balaban J connectivity index is 1.55. The lowest BCUT2D eigenvalue weighted by atomic mass is 10.1. The smallest absolute Gasteiger partial charge is 0.251 e. The lowest BCUT2D eigenvalue weighted by Gasteiger charge is -2.40. The number of rotatable bonds is 3. The molecule has 0 bridgehead atoms. The highest BCUT2D eigenvalue weighted by atomic mass is 19.1. The summed E-state index contributed by atoms with van der Waals surface area (Å²) in [4.78, 5) is 18.3. The average molecular weight is 271 g/mol. The van der Waals surface area contributed by atoms with Gasteiger partial charge in [0, 0.05) is 24.8 Å². The van der Waals surface area contributed by atoms with Crippen LogP contribution in [0.15, 0.2) is 48.7 Å². The number of aromatic nitrogens is 1. The lowest BCUT2D eigenvalue weighted by molar-refractivity contribution is 0.0929. The average Bonchev–Trinajstić information content (AvgIpc) is 2.43. The number of nitrogens with one attached hydrogen (secondary N) is 1. The number of anilines is 1. The molecule has 1 aromatic carbocycles. The normalized spacial score (nSPS) is 14.8. The maximum atomic E-state index is 13.0. The van der Waals surface area contributed by atoms with Crippen molar-refractivity contribution in [3.63, 3.8) is 0 Å². The zero-order chi connectivity index (χ0) is 13.9. The van der Waals surface area contributed by atoms with E-state index in [1.807, 2.05) is 18.2 Å². The summed E-state index contributed by atoms with van der Waals surface area (Å²) < 4.78 is 13.0. The van der Waals surface area contributed by atoms with Crippen LogP contribution in [0.3, 0.4) is 0 Å². The van der Waals surface area contributed by atoms with E-state index in [2.05, 4.69) is 15.2 Å². The van der Waals surface area contributed by atoms with E-state index >= 15 is 0 Å². The van der Waals surface area contributed by atoms with Crippen LogP contribution in [0, 0.1) is 5.82 Å². The van der Waals surface area contributed by atoms with Crippen molar-refractivity contribution in [3.05, 3.63) is 60.0 Å². The molecule has 1 aliphatic heterocycles. The first-order valence-corrected chi connectivity index (χ1v) is 6.45. The molecule has 1 aromatic heterocycles. The Hall–Kier alpha value is -2.43. The molecule has 1 amide bonds. The number of pyridine rings is 1. The van der Waals surface area contributed by atoms with Crippen molar-refractivity contribution < 1.29 is 9.18 Å². The van der Waals surface area contributed by atoms with Gasteiger partial charge in [0.25, 0.3) is 5.91 Å². The van der Waals surface area contributed by atoms with Crippen molar-refractivity contribution in [1.82, 2.24) is 10.3 Å². The SMILES string of the molecule is O=C(NC1CN(c2ccccn2)C1)c1cccc(F)c1. The molecule has 0 aliphatic carbocycles. The van der Waals surface area contributed by atoms with Gasteiger partial charge in [-0.2, -0.15) is 0 Å². The van der Waals surface area contributed by atoms with E-state index in [-0.39, 0.29) is 11.9 Å². The molecular weight excluding hydrogens is 257 g/mol. The second-order valence-electron chi connectivity index (χ2n) is 4.77. The van der Waals surface area contributed by atoms with Gasteiger partial charge in [-0.1, -0.05) is 12.1 Å². The molecular formula is C15H14FN3O. The minimum Gasteiger partial charge on any atom is -0.352 e. The van der Waals surface area contributed by atoms with Gasteiger partial charge < -0.3 is 10.2 Å². The number of benzene rings is 1. The molecule has 2 heterocycles. The minimum absolute atomic E-state index is 0.0766. The Labute approximate surface area is 116 Å². The van der Waals surface area contributed by atoms with Gasteiger partial charge in [-0.05, 0) is 30.3 Å². The van der Waals surface area contributed by atoms with Crippen molar-refractivity contribution in [2.75, 3.05) is 18.0 Å². The Bertz CT molecular complexity index is 612. The van der Waals surface area contributed by atoms with Crippen molar-refractivity contribution in [3.8, 4) is 0 Å². The van der Waals surface area contributed by atoms with Crippen LogP contribution >= 0.6 is 0 Å². The molecule has 1 aliphatic rings. The fourth-order valence-electron chi connectivity index (χ4n) is 2.20. The summed E-state index contributed by atoms with van der Waals surface area (Å²) in [5.41, 5.74) is 0.348. The van der Waals surface area contributed by atoms with Gasteiger partial charge in [0.1, 0.15) is 11.6 Å². The Morgan fingerprint density at radius 2 is 2.10 bits per heavy atom. The van der Waals surface area contributed by atoms with Gasteiger partial charge in [-0.3, -0.25) is 4.79 Å². The van der Waals surface area contributed by atoms with Crippen LogP contribution in [0.1, 0.15) is 10.4 Å². The first-order valence-electron chi connectivity index (χ1n) is 6.45. The molecule has 4 nitrogen and oxygen atoms in total. The van der Waals surface area contributed by atoms with E-state index in [0.717, 1.165) is 18.9 Å². The number of carbonyl (C=O) groups is 1. The molecule has 0 unspecified atom stereocenters. The monoisotopic (exact) mass is 271 g/mol. The van der Waals surface area contributed by atoms with Crippen molar-refractivity contribution in [2.45, 2.75) is 6.04 Å². The molecule has 1 N–H and O–H groups in total. The first kappa shape index (κ1) is 12.6. The van der Waals surface area contributed by atoms with E-state index < -0.39 is 5.82 Å². The zero-order valence-electron chi connectivity index (χ0n) is 10.8. The molecule has 0 atom stereocenters. The predicted molar refractivity (Wildman–Crippen MR) is 74.1 cm³/mol. The predicted octanol–water partition coefficient (Wildman–Crippen LogP) is 1.84. The number of hydrogen-bond acceptors (Lipinski definition) is 3. The molecule has 2 aromatic rings. The van der Waals surface area contributed by atoms with E-state index in [0.29, 0.717) is 5.56 Å². The second kappa shape index (κ2) is 5.28. The fraction of sp³-hybridized carbons (Fsp3) is 0.200. The van der Waals surface area contributed by atoms with E-state index in [1.165, 1.54) is 18.2 Å². The fourth-order valence-corrected chi connectivity index (χ4v) is 2.20. The van der Waals surface area contributed by atoms with Crippen LogP contribution in [-0.4, -0.2) is 30.0 Å². The highest BCUT2D eigenvalue weighted by molar-refractivity contribution is 5.94. The van der Waals surface area contributed by atoms with Crippen LogP contribution < -0.4 is 10.2 Å². The molecule has 102 valence electrons. The first-order chi connectivity index (χ1) is 9.72. The summed E-state index contributed by atoms with van der Waals surface area (Å²) in [6, 6.07) is 11.5. The molecule has 0 saturated carbocycles.